The van der Waals surface area contributed by atoms with Gasteiger partial charge in [-0.3, -0.25) is 0 Å². The molecule has 2 aliphatic rings. The van der Waals surface area contributed by atoms with Crippen molar-refractivity contribution >= 4 is 0 Å². The van der Waals surface area contributed by atoms with Gasteiger partial charge in [0.15, 0.2) is 0 Å². The molecule has 1 heteroatoms. The summed E-state index contributed by atoms with van der Waals surface area (Å²) in [4.78, 5) is 0. The van der Waals surface area contributed by atoms with E-state index in [4.69, 9.17) is 0 Å². The zero-order valence-electron chi connectivity index (χ0n) is 10.1. The van der Waals surface area contributed by atoms with Gasteiger partial charge >= 0.3 is 0 Å². The van der Waals surface area contributed by atoms with Crippen molar-refractivity contribution in [1.29, 1.82) is 0 Å². The predicted octanol–water partition coefficient (Wildman–Crippen LogP) is 4.86. The first-order valence-electron chi connectivity index (χ1n) is 6.44. The highest BCUT2D eigenvalue weighted by Gasteiger charge is 2.37. The summed E-state index contributed by atoms with van der Waals surface area (Å²) in [5, 5.41) is 0. The third-order valence-corrected chi connectivity index (χ3v) is 4.56. The van der Waals surface area contributed by atoms with Crippen LogP contribution in [-0.4, -0.2) is 0 Å². The van der Waals surface area contributed by atoms with Gasteiger partial charge in [-0.1, -0.05) is 32.8 Å². The van der Waals surface area contributed by atoms with Gasteiger partial charge in [0, 0.05) is 0 Å². The molecule has 2 aliphatic carbocycles. The summed E-state index contributed by atoms with van der Waals surface area (Å²) >= 11 is 0. The quantitative estimate of drug-likeness (QED) is 0.580. The average Bonchev–Trinajstić information content (AvgIpc) is 2.19. The van der Waals surface area contributed by atoms with Crippen molar-refractivity contribution in [2.45, 2.75) is 58.8 Å². The zero-order valence-corrected chi connectivity index (χ0v) is 10.1. The SMILES string of the molecule is CC1(C)CCCCC1C1CC=C(F)CC1. The largest absolute Gasteiger partial charge is 0.212 e. The van der Waals surface area contributed by atoms with Crippen molar-refractivity contribution in [3.05, 3.63) is 11.9 Å². The van der Waals surface area contributed by atoms with Crippen LogP contribution in [0.1, 0.15) is 58.8 Å². The van der Waals surface area contributed by atoms with Crippen molar-refractivity contribution in [1.82, 2.24) is 0 Å². The highest BCUT2D eigenvalue weighted by atomic mass is 19.1. The molecule has 0 radical (unpaired) electrons. The van der Waals surface area contributed by atoms with E-state index in [1.54, 1.807) is 0 Å². The summed E-state index contributed by atoms with van der Waals surface area (Å²) in [6.45, 7) is 4.82. The fourth-order valence-electron chi connectivity index (χ4n) is 3.58. The first kappa shape index (κ1) is 11.2. The topological polar surface area (TPSA) is 0 Å². The Morgan fingerprint density at radius 2 is 2.07 bits per heavy atom. The maximum absolute atomic E-state index is 13.0. The van der Waals surface area contributed by atoms with E-state index < -0.39 is 0 Å². The van der Waals surface area contributed by atoms with Crippen LogP contribution in [0.2, 0.25) is 0 Å². The Morgan fingerprint density at radius 1 is 1.27 bits per heavy atom. The zero-order chi connectivity index (χ0) is 10.9. The molecule has 0 saturated heterocycles. The maximum Gasteiger partial charge on any atom is 0.0960 e. The molecule has 0 heterocycles. The molecular weight excluding hydrogens is 187 g/mol. The first-order chi connectivity index (χ1) is 7.09. The van der Waals surface area contributed by atoms with Crippen molar-refractivity contribution in [3.63, 3.8) is 0 Å². The molecule has 0 spiro atoms. The van der Waals surface area contributed by atoms with Gasteiger partial charge in [-0.15, -0.1) is 0 Å². The highest BCUT2D eigenvalue weighted by molar-refractivity contribution is 5.01. The molecule has 2 unspecified atom stereocenters. The van der Waals surface area contributed by atoms with Gasteiger partial charge in [0.05, 0.1) is 5.83 Å². The second kappa shape index (κ2) is 4.27. The Labute approximate surface area is 92.9 Å². The molecule has 0 amide bonds. The summed E-state index contributed by atoms with van der Waals surface area (Å²) in [5.74, 6) is 1.70. The molecule has 1 fully saturated rings. The summed E-state index contributed by atoms with van der Waals surface area (Å²) in [7, 11) is 0. The number of halogens is 1. The third kappa shape index (κ3) is 2.43. The smallest absolute Gasteiger partial charge is 0.0960 e. The standard InChI is InChI=1S/C14H23F/c1-14(2)10-4-3-5-13(14)11-6-8-12(15)9-7-11/h8,11,13H,3-7,9-10H2,1-2H3. The second-order valence-electron chi connectivity index (χ2n) is 6.03. The Bertz CT molecular complexity index is 252. The Kier molecular flexibility index (Phi) is 3.18. The molecule has 2 atom stereocenters. The lowest BCUT2D eigenvalue weighted by Crippen LogP contribution is -2.34. The minimum absolute atomic E-state index is 0.125. The molecule has 2 rings (SSSR count). The van der Waals surface area contributed by atoms with Gasteiger partial charge in [-0.25, -0.2) is 4.39 Å². The molecule has 1 saturated carbocycles. The van der Waals surface area contributed by atoms with Crippen LogP contribution in [0.15, 0.2) is 11.9 Å². The lowest BCUT2D eigenvalue weighted by molar-refractivity contribution is 0.0739. The maximum atomic E-state index is 13.0. The molecule has 0 bridgehead atoms. The van der Waals surface area contributed by atoms with E-state index in [1.807, 2.05) is 6.08 Å². The van der Waals surface area contributed by atoms with Crippen LogP contribution < -0.4 is 0 Å². The van der Waals surface area contributed by atoms with Crippen molar-refractivity contribution in [2.24, 2.45) is 17.3 Å². The molecule has 86 valence electrons. The summed E-state index contributed by atoms with van der Waals surface area (Å²) < 4.78 is 13.0. The number of allylic oxidation sites excluding steroid dienone is 2. The van der Waals surface area contributed by atoms with Gasteiger partial charge in [0.25, 0.3) is 0 Å². The van der Waals surface area contributed by atoms with Gasteiger partial charge < -0.3 is 0 Å². The lowest BCUT2D eigenvalue weighted by Gasteiger charge is -2.44. The summed E-state index contributed by atoms with van der Waals surface area (Å²) in [5.41, 5.74) is 0.491. The molecule has 0 aromatic carbocycles. The fraction of sp³-hybridized carbons (Fsp3) is 0.857. The van der Waals surface area contributed by atoms with Crippen LogP contribution in [0.25, 0.3) is 0 Å². The van der Waals surface area contributed by atoms with Gasteiger partial charge in [-0.05, 0) is 49.4 Å². The summed E-state index contributed by atoms with van der Waals surface area (Å²) in [6, 6.07) is 0. The molecule has 0 N–H and O–H groups in total. The molecular formula is C14H23F. The van der Waals surface area contributed by atoms with Gasteiger partial charge in [-0.2, -0.15) is 0 Å². The van der Waals surface area contributed by atoms with E-state index in [0.717, 1.165) is 24.7 Å². The van der Waals surface area contributed by atoms with Crippen LogP contribution in [0.4, 0.5) is 4.39 Å². The Morgan fingerprint density at radius 3 is 2.67 bits per heavy atom. The predicted molar refractivity (Wildman–Crippen MR) is 62.3 cm³/mol. The van der Waals surface area contributed by atoms with E-state index in [1.165, 1.54) is 25.7 Å². The minimum atomic E-state index is 0.125. The van der Waals surface area contributed by atoms with Crippen LogP contribution in [0.3, 0.4) is 0 Å². The van der Waals surface area contributed by atoms with E-state index in [9.17, 15) is 4.39 Å². The van der Waals surface area contributed by atoms with Crippen LogP contribution in [0.5, 0.6) is 0 Å². The Balaban J connectivity index is 2.03. The van der Waals surface area contributed by atoms with E-state index in [-0.39, 0.29) is 5.83 Å². The lowest BCUT2D eigenvalue weighted by atomic mass is 9.62. The van der Waals surface area contributed by atoms with Crippen LogP contribution >= 0.6 is 0 Å². The van der Waals surface area contributed by atoms with Crippen LogP contribution in [-0.2, 0) is 0 Å². The molecule has 0 aromatic heterocycles. The van der Waals surface area contributed by atoms with E-state index >= 15 is 0 Å². The van der Waals surface area contributed by atoms with Crippen LogP contribution in [0, 0.1) is 17.3 Å². The van der Waals surface area contributed by atoms with Crippen molar-refractivity contribution in [2.75, 3.05) is 0 Å². The van der Waals surface area contributed by atoms with Gasteiger partial charge in [0.1, 0.15) is 0 Å². The average molecular weight is 210 g/mol. The normalized spacial score (nSPS) is 36.1. The number of rotatable bonds is 1. The highest BCUT2D eigenvalue weighted by Crippen LogP contribution is 2.48. The minimum Gasteiger partial charge on any atom is -0.212 e. The van der Waals surface area contributed by atoms with Crippen molar-refractivity contribution < 1.29 is 4.39 Å². The van der Waals surface area contributed by atoms with E-state index in [0.29, 0.717) is 11.8 Å². The molecule has 0 nitrogen and oxygen atoms in total. The monoisotopic (exact) mass is 210 g/mol. The fourth-order valence-corrected chi connectivity index (χ4v) is 3.58. The Hall–Kier alpha value is -0.330. The molecule has 0 aliphatic heterocycles. The first-order valence-corrected chi connectivity index (χ1v) is 6.44. The molecule has 0 aromatic rings. The number of hydrogen-bond acceptors (Lipinski definition) is 0. The third-order valence-electron chi connectivity index (χ3n) is 4.56. The summed E-state index contributed by atoms with van der Waals surface area (Å²) in [6.07, 6.45) is 10.1. The second-order valence-corrected chi connectivity index (χ2v) is 6.03. The number of hydrogen-bond donors (Lipinski definition) is 0. The van der Waals surface area contributed by atoms with Crippen molar-refractivity contribution in [3.8, 4) is 0 Å². The molecule has 15 heavy (non-hydrogen) atoms. The van der Waals surface area contributed by atoms with Gasteiger partial charge in [0.2, 0.25) is 0 Å². The van der Waals surface area contributed by atoms with E-state index in [2.05, 4.69) is 13.8 Å².